The number of nitrogens with one attached hydrogen (secondary N) is 1. The smallest absolute Gasteiger partial charge is 0.416 e. The Labute approximate surface area is 228 Å². The average Bonchev–Trinajstić information content (AvgIpc) is 3.39. The fourth-order valence-electron chi connectivity index (χ4n) is 5.06. The molecule has 1 N–H and O–H groups in total. The summed E-state index contributed by atoms with van der Waals surface area (Å²) in [6.07, 6.45) is -2.72. The van der Waals surface area contributed by atoms with Gasteiger partial charge in [0.25, 0.3) is 0 Å². The van der Waals surface area contributed by atoms with Gasteiger partial charge in [-0.05, 0) is 86.2 Å². The Kier molecular flexibility index (Phi) is 6.83. The average molecular weight is 557 g/mol. The molecule has 3 heterocycles. The highest BCUT2D eigenvalue weighted by Crippen LogP contribution is 2.45. The zero-order chi connectivity index (χ0) is 27.2. The lowest BCUT2D eigenvalue weighted by molar-refractivity contribution is -0.137. The Balaban J connectivity index is 1.67. The number of aromatic nitrogens is 2. The van der Waals surface area contributed by atoms with Crippen LogP contribution in [0.1, 0.15) is 40.3 Å². The van der Waals surface area contributed by atoms with Gasteiger partial charge in [-0.1, -0.05) is 23.7 Å². The van der Waals surface area contributed by atoms with E-state index in [1.807, 2.05) is 53.6 Å². The van der Waals surface area contributed by atoms with Crippen molar-refractivity contribution in [3.8, 4) is 11.4 Å². The van der Waals surface area contributed by atoms with Crippen LogP contribution >= 0.6 is 23.8 Å². The van der Waals surface area contributed by atoms with Gasteiger partial charge in [-0.2, -0.15) is 13.2 Å². The third-order valence-corrected chi connectivity index (χ3v) is 7.34. The van der Waals surface area contributed by atoms with Gasteiger partial charge < -0.3 is 19.5 Å². The number of hydrogen-bond donors (Lipinski definition) is 1. The summed E-state index contributed by atoms with van der Waals surface area (Å²) < 4.78 is 47.6. The van der Waals surface area contributed by atoms with Crippen LogP contribution in [0.5, 0.6) is 5.75 Å². The number of hydrogen-bond acceptors (Lipinski definition) is 3. The molecular formula is C28H24ClF3N4OS. The molecule has 0 saturated carbocycles. The molecule has 5 rings (SSSR count). The largest absolute Gasteiger partial charge is 0.495 e. The van der Waals surface area contributed by atoms with Crippen LogP contribution in [0.3, 0.4) is 0 Å². The first-order valence-electron chi connectivity index (χ1n) is 11.8. The highest BCUT2D eigenvalue weighted by molar-refractivity contribution is 7.80. The standard InChI is InChI=1S/C28H24ClF3N4OS/c1-16-13-21(17(2)35(16)19-8-6-7-18(14-19)28(30,31)32)26-25(23-9-4-5-12-33-23)34-27(38)36(26)20-10-11-24(37-3)22(29)15-20/h4-15,25-26H,1-3H3,(H,34,38)/t25-,26+/m0/s1. The molecule has 0 radical (unpaired) electrons. The molecule has 5 nitrogen and oxygen atoms in total. The number of aryl methyl sites for hydroxylation is 1. The topological polar surface area (TPSA) is 42.3 Å². The lowest BCUT2D eigenvalue weighted by Crippen LogP contribution is -2.29. The molecule has 1 saturated heterocycles. The van der Waals surface area contributed by atoms with Crippen molar-refractivity contribution in [2.24, 2.45) is 0 Å². The van der Waals surface area contributed by atoms with Gasteiger partial charge in [0.1, 0.15) is 5.75 Å². The van der Waals surface area contributed by atoms with Gasteiger partial charge in [0.2, 0.25) is 0 Å². The van der Waals surface area contributed by atoms with Crippen LogP contribution in [-0.4, -0.2) is 21.8 Å². The Morgan fingerprint density at radius 2 is 1.79 bits per heavy atom. The van der Waals surface area contributed by atoms with E-state index in [1.54, 1.807) is 31.5 Å². The van der Waals surface area contributed by atoms with Gasteiger partial charge in [0.05, 0.1) is 35.5 Å². The third-order valence-electron chi connectivity index (χ3n) is 6.73. The zero-order valence-corrected chi connectivity index (χ0v) is 22.3. The van der Waals surface area contributed by atoms with E-state index >= 15 is 0 Å². The number of nitrogens with zero attached hydrogens (tertiary/aromatic N) is 3. The van der Waals surface area contributed by atoms with Crippen molar-refractivity contribution in [3.05, 3.63) is 106 Å². The second-order valence-electron chi connectivity index (χ2n) is 9.03. The number of rotatable bonds is 5. The van der Waals surface area contributed by atoms with Crippen LogP contribution in [0.25, 0.3) is 5.69 Å². The summed E-state index contributed by atoms with van der Waals surface area (Å²) in [6.45, 7) is 3.78. The summed E-state index contributed by atoms with van der Waals surface area (Å²) in [4.78, 5) is 6.54. The number of halogens is 4. The van der Waals surface area contributed by atoms with E-state index in [-0.39, 0.29) is 12.1 Å². The molecule has 10 heteroatoms. The summed E-state index contributed by atoms with van der Waals surface area (Å²) >= 11 is 12.3. The number of ether oxygens (including phenoxy) is 1. The predicted octanol–water partition coefficient (Wildman–Crippen LogP) is 7.35. The molecule has 2 atom stereocenters. The molecule has 2 aromatic carbocycles. The Morgan fingerprint density at radius 1 is 1.00 bits per heavy atom. The van der Waals surface area contributed by atoms with E-state index in [2.05, 4.69) is 10.3 Å². The predicted molar refractivity (Wildman–Crippen MR) is 146 cm³/mol. The van der Waals surface area contributed by atoms with Crippen LogP contribution in [-0.2, 0) is 6.18 Å². The van der Waals surface area contributed by atoms with E-state index in [0.29, 0.717) is 21.6 Å². The summed E-state index contributed by atoms with van der Waals surface area (Å²) in [5.41, 5.74) is 3.75. The highest BCUT2D eigenvalue weighted by atomic mass is 35.5. The lowest BCUT2D eigenvalue weighted by Gasteiger charge is -2.28. The molecule has 4 aromatic rings. The fraction of sp³-hybridized carbons (Fsp3) is 0.214. The SMILES string of the molecule is COc1ccc(N2C(=S)N[C@@H](c3ccccn3)[C@H]2c2cc(C)n(-c3cccc(C(F)(F)F)c3)c2C)cc1Cl. The van der Waals surface area contributed by atoms with Gasteiger partial charge in [0, 0.05) is 29.0 Å². The quantitative estimate of drug-likeness (QED) is 0.260. The van der Waals surface area contributed by atoms with Crippen molar-refractivity contribution in [2.75, 3.05) is 12.0 Å². The number of methoxy groups -OCH3 is 1. The van der Waals surface area contributed by atoms with E-state index < -0.39 is 11.7 Å². The lowest BCUT2D eigenvalue weighted by atomic mass is 9.96. The molecule has 196 valence electrons. The van der Waals surface area contributed by atoms with Gasteiger partial charge in [0.15, 0.2) is 5.11 Å². The fourth-order valence-corrected chi connectivity index (χ4v) is 5.66. The minimum atomic E-state index is -4.44. The number of pyridine rings is 1. The van der Waals surface area contributed by atoms with Crippen molar-refractivity contribution in [2.45, 2.75) is 32.1 Å². The van der Waals surface area contributed by atoms with Crippen LogP contribution < -0.4 is 15.0 Å². The molecule has 38 heavy (non-hydrogen) atoms. The molecule has 0 unspecified atom stereocenters. The molecule has 1 aliphatic rings. The van der Waals surface area contributed by atoms with Crippen LogP contribution in [0.15, 0.2) is 72.9 Å². The summed E-state index contributed by atoms with van der Waals surface area (Å²) in [7, 11) is 1.55. The number of thiocarbonyl (C=S) groups is 1. The molecule has 0 aliphatic carbocycles. The van der Waals surface area contributed by atoms with Gasteiger partial charge in [-0.25, -0.2) is 0 Å². The molecule has 0 spiro atoms. The van der Waals surface area contributed by atoms with Crippen molar-refractivity contribution >= 4 is 34.6 Å². The Bertz CT molecular complexity index is 1510. The van der Waals surface area contributed by atoms with Crippen LogP contribution in [0.4, 0.5) is 18.9 Å². The minimum absolute atomic E-state index is 0.319. The van der Waals surface area contributed by atoms with Gasteiger partial charge in [-0.3, -0.25) is 4.98 Å². The van der Waals surface area contributed by atoms with Crippen molar-refractivity contribution in [1.29, 1.82) is 0 Å². The van der Waals surface area contributed by atoms with E-state index in [1.165, 1.54) is 12.1 Å². The Hall–Kier alpha value is -3.56. The first-order chi connectivity index (χ1) is 18.1. The number of anilines is 1. The zero-order valence-electron chi connectivity index (χ0n) is 20.8. The second kappa shape index (κ2) is 9.96. The van der Waals surface area contributed by atoms with Crippen LogP contribution in [0, 0.1) is 13.8 Å². The maximum absolute atomic E-state index is 13.5. The minimum Gasteiger partial charge on any atom is -0.495 e. The van der Waals surface area contributed by atoms with Crippen molar-refractivity contribution in [3.63, 3.8) is 0 Å². The summed E-state index contributed by atoms with van der Waals surface area (Å²) in [6, 6.07) is 17.8. The Morgan fingerprint density at radius 3 is 2.45 bits per heavy atom. The first kappa shape index (κ1) is 26.1. The molecule has 1 fully saturated rings. The molecular weight excluding hydrogens is 533 g/mol. The number of alkyl halides is 3. The molecule has 0 amide bonds. The van der Waals surface area contributed by atoms with Crippen molar-refractivity contribution in [1.82, 2.24) is 14.9 Å². The van der Waals surface area contributed by atoms with E-state index in [9.17, 15) is 13.2 Å². The third kappa shape index (κ3) is 4.61. The summed E-state index contributed by atoms with van der Waals surface area (Å²) in [5.74, 6) is 0.536. The molecule has 1 aliphatic heterocycles. The molecule has 2 aromatic heterocycles. The normalized spacial score (nSPS) is 17.6. The van der Waals surface area contributed by atoms with Crippen LogP contribution in [0.2, 0.25) is 5.02 Å². The first-order valence-corrected chi connectivity index (χ1v) is 12.6. The van der Waals surface area contributed by atoms with Crippen molar-refractivity contribution < 1.29 is 17.9 Å². The highest BCUT2D eigenvalue weighted by Gasteiger charge is 2.42. The summed E-state index contributed by atoms with van der Waals surface area (Å²) in [5, 5.41) is 4.32. The second-order valence-corrected chi connectivity index (χ2v) is 9.82. The van der Waals surface area contributed by atoms with Gasteiger partial charge in [-0.15, -0.1) is 0 Å². The van der Waals surface area contributed by atoms with E-state index in [4.69, 9.17) is 28.6 Å². The number of benzene rings is 2. The maximum Gasteiger partial charge on any atom is 0.416 e. The van der Waals surface area contributed by atoms with E-state index in [0.717, 1.165) is 34.4 Å². The molecule has 0 bridgehead atoms. The van der Waals surface area contributed by atoms with Gasteiger partial charge >= 0.3 is 6.18 Å². The monoisotopic (exact) mass is 556 g/mol. The maximum atomic E-state index is 13.5.